The standard InChI is InChI=1S/C27H31BrN4O4S/c1-5-7-13-37-27-30-26-29-17(3)22(25(33)34-4)23(32(26)31-27)19-14-20(28)24(21(15-19)35-6-2)36-16-18-11-9-8-10-12-18/h8-12,14-15,23H,5-7,13,16H2,1-4H3,(H,29,30,31). The Morgan fingerprint density at radius 2 is 1.97 bits per heavy atom. The van der Waals surface area contributed by atoms with Gasteiger partial charge < -0.3 is 19.5 Å². The SMILES string of the molecule is CCCCSc1nc2n(n1)C(c1cc(Br)c(OCc3ccccc3)c(OCC)c1)C(C(=O)OC)=C(C)N2. The number of nitrogens with zero attached hydrogens (tertiary/aromatic N) is 3. The van der Waals surface area contributed by atoms with Gasteiger partial charge in [0.25, 0.3) is 0 Å². The third-order valence-electron chi connectivity index (χ3n) is 5.84. The number of thioether (sulfide) groups is 1. The molecule has 1 unspecified atom stereocenters. The molecule has 2 aromatic carbocycles. The van der Waals surface area contributed by atoms with Crippen LogP contribution >= 0.6 is 27.7 Å². The third-order valence-corrected chi connectivity index (χ3v) is 7.35. The van der Waals surface area contributed by atoms with Crippen molar-refractivity contribution in [1.82, 2.24) is 14.8 Å². The second kappa shape index (κ2) is 12.5. The summed E-state index contributed by atoms with van der Waals surface area (Å²) in [4.78, 5) is 17.6. The first-order chi connectivity index (χ1) is 18.0. The molecule has 0 saturated carbocycles. The zero-order chi connectivity index (χ0) is 26.4. The fraction of sp³-hybridized carbons (Fsp3) is 0.370. The first kappa shape index (κ1) is 27.1. The summed E-state index contributed by atoms with van der Waals surface area (Å²) in [5.41, 5.74) is 2.96. The number of ether oxygens (including phenoxy) is 3. The van der Waals surface area contributed by atoms with Gasteiger partial charge in [-0.15, -0.1) is 5.10 Å². The van der Waals surface area contributed by atoms with Crippen LogP contribution in [0, 0.1) is 0 Å². The maximum Gasteiger partial charge on any atom is 0.338 e. The minimum absolute atomic E-state index is 0.393. The van der Waals surface area contributed by atoms with E-state index in [1.807, 2.05) is 56.3 Å². The topological polar surface area (TPSA) is 87.5 Å². The van der Waals surface area contributed by atoms with E-state index in [4.69, 9.17) is 19.3 Å². The summed E-state index contributed by atoms with van der Waals surface area (Å²) >= 11 is 5.28. The number of halogens is 1. The van der Waals surface area contributed by atoms with Crippen molar-refractivity contribution >= 4 is 39.6 Å². The van der Waals surface area contributed by atoms with E-state index in [1.54, 1.807) is 16.4 Å². The van der Waals surface area contributed by atoms with Gasteiger partial charge in [0.05, 0.1) is 23.8 Å². The lowest BCUT2D eigenvalue weighted by molar-refractivity contribution is -0.136. The number of esters is 1. The van der Waals surface area contributed by atoms with E-state index in [0.29, 0.717) is 51.6 Å². The number of carbonyl (C=O) groups is 1. The number of methoxy groups -OCH3 is 1. The summed E-state index contributed by atoms with van der Waals surface area (Å²) < 4.78 is 19.8. The maximum absolute atomic E-state index is 13.0. The molecule has 0 spiro atoms. The molecule has 1 aliphatic rings. The van der Waals surface area contributed by atoms with Crippen molar-refractivity contribution in [3.63, 3.8) is 0 Å². The maximum atomic E-state index is 13.0. The molecule has 1 atom stereocenters. The van der Waals surface area contributed by atoms with Crippen LogP contribution in [0.4, 0.5) is 5.95 Å². The van der Waals surface area contributed by atoms with Crippen molar-refractivity contribution in [2.45, 2.75) is 51.4 Å². The number of unbranched alkanes of at least 4 members (excludes halogenated alkanes) is 1. The number of anilines is 1. The fourth-order valence-electron chi connectivity index (χ4n) is 4.06. The normalized spacial score (nSPS) is 14.7. The molecule has 2 heterocycles. The number of benzene rings is 2. The highest BCUT2D eigenvalue weighted by Crippen LogP contribution is 2.43. The molecule has 0 amide bonds. The van der Waals surface area contributed by atoms with Crippen molar-refractivity contribution in [2.24, 2.45) is 0 Å². The highest BCUT2D eigenvalue weighted by Gasteiger charge is 2.36. The zero-order valence-electron chi connectivity index (χ0n) is 21.4. The van der Waals surface area contributed by atoms with Gasteiger partial charge in [-0.1, -0.05) is 55.4 Å². The van der Waals surface area contributed by atoms with Crippen molar-refractivity contribution < 1.29 is 19.0 Å². The van der Waals surface area contributed by atoms with Crippen molar-refractivity contribution in [2.75, 3.05) is 24.8 Å². The van der Waals surface area contributed by atoms with Gasteiger partial charge in [-0.25, -0.2) is 9.48 Å². The molecule has 37 heavy (non-hydrogen) atoms. The Morgan fingerprint density at radius 3 is 2.68 bits per heavy atom. The summed E-state index contributed by atoms with van der Waals surface area (Å²) in [7, 11) is 1.38. The minimum Gasteiger partial charge on any atom is -0.490 e. The molecule has 0 saturated heterocycles. The fourth-order valence-corrected chi connectivity index (χ4v) is 5.55. The van der Waals surface area contributed by atoms with Gasteiger partial charge in [-0.2, -0.15) is 4.98 Å². The molecule has 4 rings (SSSR count). The minimum atomic E-state index is -0.560. The van der Waals surface area contributed by atoms with Crippen LogP contribution in [0.15, 0.2) is 63.4 Å². The van der Waals surface area contributed by atoms with Gasteiger partial charge in [-0.05, 0) is 59.5 Å². The van der Waals surface area contributed by atoms with Crippen LogP contribution in [0.25, 0.3) is 0 Å². The van der Waals surface area contributed by atoms with Crippen LogP contribution in [0.1, 0.15) is 50.8 Å². The molecule has 0 radical (unpaired) electrons. The Bertz CT molecular complexity index is 1280. The smallest absolute Gasteiger partial charge is 0.338 e. The van der Waals surface area contributed by atoms with Gasteiger partial charge in [0, 0.05) is 11.4 Å². The molecular formula is C27H31BrN4O4S. The molecule has 1 aromatic heterocycles. The first-order valence-corrected chi connectivity index (χ1v) is 14.0. The largest absolute Gasteiger partial charge is 0.490 e. The molecule has 3 aromatic rings. The zero-order valence-corrected chi connectivity index (χ0v) is 23.8. The second-order valence-corrected chi connectivity index (χ2v) is 10.4. The van der Waals surface area contributed by atoms with E-state index >= 15 is 0 Å². The highest BCUT2D eigenvalue weighted by molar-refractivity contribution is 9.10. The number of nitrogens with one attached hydrogen (secondary N) is 1. The molecule has 1 N–H and O–H groups in total. The van der Waals surface area contributed by atoms with Crippen LogP contribution in [-0.4, -0.2) is 40.2 Å². The van der Waals surface area contributed by atoms with Crippen molar-refractivity contribution in [1.29, 1.82) is 0 Å². The Labute approximate surface area is 229 Å². The molecule has 1 aliphatic heterocycles. The first-order valence-electron chi connectivity index (χ1n) is 12.2. The van der Waals surface area contributed by atoms with Gasteiger partial charge in [0.2, 0.25) is 11.1 Å². The van der Waals surface area contributed by atoms with Crippen LogP contribution < -0.4 is 14.8 Å². The number of rotatable bonds is 11. The molecular weight excluding hydrogens is 556 g/mol. The van der Waals surface area contributed by atoms with E-state index in [0.717, 1.165) is 29.7 Å². The summed E-state index contributed by atoms with van der Waals surface area (Å²) in [6.07, 6.45) is 2.17. The van der Waals surface area contributed by atoms with E-state index in [-0.39, 0.29) is 0 Å². The number of allylic oxidation sites excluding steroid dienone is 1. The van der Waals surface area contributed by atoms with Crippen LogP contribution in [-0.2, 0) is 16.1 Å². The monoisotopic (exact) mass is 586 g/mol. The van der Waals surface area contributed by atoms with Crippen LogP contribution in [0.2, 0.25) is 0 Å². The number of carbonyl (C=O) groups excluding carboxylic acids is 1. The number of hydrogen-bond donors (Lipinski definition) is 1. The quantitative estimate of drug-likeness (QED) is 0.157. The lowest BCUT2D eigenvalue weighted by Gasteiger charge is -2.28. The lowest BCUT2D eigenvalue weighted by Crippen LogP contribution is -2.29. The number of aromatic nitrogens is 3. The van der Waals surface area contributed by atoms with E-state index in [2.05, 4.69) is 33.2 Å². The summed E-state index contributed by atoms with van der Waals surface area (Å²) in [5, 5.41) is 8.65. The van der Waals surface area contributed by atoms with Crippen molar-refractivity contribution in [3.05, 3.63) is 69.3 Å². The molecule has 0 fully saturated rings. The van der Waals surface area contributed by atoms with Gasteiger partial charge in [0.15, 0.2) is 11.5 Å². The molecule has 0 bridgehead atoms. The predicted molar refractivity (Wildman–Crippen MR) is 148 cm³/mol. The van der Waals surface area contributed by atoms with Crippen LogP contribution in [0.5, 0.6) is 11.5 Å². The highest BCUT2D eigenvalue weighted by atomic mass is 79.9. The molecule has 10 heteroatoms. The third kappa shape index (κ3) is 6.13. The van der Waals surface area contributed by atoms with E-state index in [1.165, 1.54) is 7.11 Å². The Morgan fingerprint density at radius 1 is 1.19 bits per heavy atom. The second-order valence-electron chi connectivity index (χ2n) is 8.46. The average molecular weight is 588 g/mol. The van der Waals surface area contributed by atoms with Crippen LogP contribution in [0.3, 0.4) is 0 Å². The summed E-state index contributed by atoms with van der Waals surface area (Å²) in [6, 6.07) is 13.2. The Kier molecular flexibility index (Phi) is 9.15. The average Bonchev–Trinajstić information content (AvgIpc) is 3.29. The summed E-state index contributed by atoms with van der Waals surface area (Å²) in [6.45, 7) is 6.77. The van der Waals surface area contributed by atoms with E-state index < -0.39 is 12.0 Å². The molecule has 8 nitrogen and oxygen atoms in total. The Hall–Kier alpha value is -2.98. The van der Waals surface area contributed by atoms with Gasteiger partial charge in [0.1, 0.15) is 12.6 Å². The number of fused-ring (bicyclic) bond motifs is 1. The molecule has 196 valence electrons. The molecule has 0 aliphatic carbocycles. The van der Waals surface area contributed by atoms with Gasteiger partial charge >= 0.3 is 5.97 Å². The lowest BCUT2D eigenvalue weighted by atomic mass is 9.95. The van der Waals surface area contributed by atoms with Gasteiger partial charge in [-0.3, -0.25) is 0 Å². The van der Waals surface area contributed by atoms with Crippen molar-refractivity contribution in [3.8, 4) is 11.5 Å². The number of hydrogen-bond acceptors (Lipinski definition) is 8. The Balaban J connectivity index is 1.76. The summed E-state index contributed by atoms with van der Waals surface area (Å²) in [5.74, 6) is 2.23. The van der Waals surface area contributed by atoms with E-state index in [9.17, 15) is 4.79 Å². The predicted octanol–water partition coefficient (Wildman–Crippen LogP) is 6.37.